The highest BCUT2D eigenvalue weighted by atomic mass is 16.5. The summed E-state index contributed by atoms with van der Waals surface area (Å²) in [6.45, 7) is 2.90. The molecule has 0 aromatic carbocycles. The van der Waals surface area contributed by atoms with Crippen LogP contribution in [0.1, 0.15) is 70.0 Å². The summed E-state index contributed by atoms with van der Waals surface area (Å²) in [7, 11) is 1.91. The van der Waals surface area contributed by atoms with Crippen molar-refractivity contribution in [2.24, 2.45) is 7.05 Å². The summed E-state index contributed by atoms with van der Waals surface area (Å²) >= 11 is 0. The Bertz CT molecular complexity index is 459. The number of nitrogens with zero attached hydrogens (tertiary/aromatic N) is 2. The van der Waals surface area contributed by atoms with Crippen molar-refractivity contribution < 1.29 is 9.53 Å². The van der Waals surface area contributed by atoms with Gasteiger partial charge in [-0.2, -0.15) is 5.10 Å². The lowest BCUT2D eigenvalue weighted by Gasteiger charge is -2.29. The topological polar surface area (TPSA) is 56.1 Å². The number of carbonyl (C=O) groups is 1. The first-order valence-electron chi connectivity index (χ1n) is 8.58. The first-order chi connectivity index (χ1) is 10.7. The van der Waals surface area contributed by atoms with Crippen LogP contribution in [-0.4, -0.2) is 28.3 Å². The van der Waals surface area contributed by atoms with E-state index in [0.29, 0.717) is 13.0 Å². The van der Waals surface area contributed by atoms with E-state index in [-0.39, 0.29) is 18.1 Å². The number of rotatable bonds is 8. The predicted octanol–water partition coefficient (Wildman–Crippen LogP) is 3.12. The van der Waals surface area contributed by atoms with Crippen LogP contribution >= 0.6 is 0 Å². The van der Waals surface area contributed by atoms with Crippen LogP contribution in [-0.2, 0) is 16.6 Å². The molecule has 2 rings (SSSR count). The average molecular weight is 307 g/mol. The molecule has 0 unspecified atom stereocenters. The molecule has 1 aliphatic rings. The molecule has 0 spiro atoms. The van der Waals surface area contributed by atoms with E-state index >= 15 is 0 Å². The summed E-state index contributed by atoms with van der Waals surface area (Å²) in [4.78, 5) is 12.0. The van der Waals surface area contributed by atoms with E-state index in [4.69, 9.17) is 4.74 Å². The van der Waals surface area contributed by atoms with Crippen molar-refractivity contribution in [2.75, 3.05) is 6.61 Å². The van der Waals surface area contributed by atoms with Crippen molar-refractivity contribution in [3.05, 3.63) is 18.0 Å². The van der Waals surface area contributed by atoms with Crippen LogP contribution in [0.2, 0.25) is 0 Å². The van der Waals surface area contributed by atoms with Crippen molar-refractivity contribution in [2.45, 2.75) is 70.4 Å². The van der Waals surface area contributed by atoms with Gasteiger partial charge in [-0.25, -0.2) is 0 Å². The zero-order valence-corrected chi connectivity index (χ0v) is 13.9. The Kier molecular flexibility index (Phi) is 6.90. The molecule has 2 atom stereocenters. The lowest BCUT2D eigenvalue weighted by Crippen LogP contribution is -2.39. The molecular formula is C17H29N3O2. The number of aryl methyl sites for hydroxylation is 1. The predicted molar refractivity (Wildman–Crippen MR) is 86.4 cm³/mol. The summed E-state index contributed by atoms with van der Waals surface area (Å²) in [6, 6.07) is 0.224. The van der Waals surface area contributed by atoms with Crippen molar-refractivity contribution in [3.63, 3.8) is 0 Å². The molecule has 1 aliphatic heterocycles. The van der Waals surface area contributed by atoms with Gasteiger partial charge in [0.1, 0.15) is 0 Å². The zero-order chi connectivity index (χ0) is 15.8. The molecule has 5 heteroatoms. The van der Waals surface area contributed by atoms with E-state index in [1.54, 1.807) is 4.68 Å². The van der Waals surface area contributed by atoms with Crippen LogP contribution in [0.5, 0.6) is 0 Å². The van der Waals surface area contributed by atoms with Gasteiger partial charge in [-0.3, -0.25) is 9.48 Å². The van der Waals surface area contributed by atoms with Crippen LogP contribution in [0, 0.1) is 0 Å². The Balaban J connectivity index is 1.70. The fourth-order valence-electron chi connectivity index (χ4n) is 2.96. The minimum atomic E-state index is 0.0531. The molecule has 0 radical (unpaired) electrons. The third kappa shape index (κ3) is 5.44. The number of nitrogens with one attached hydrogen (secondary N) is 1. The lowest BCUT2D eigenvalue weighted by molar-refractivity contribution is -0.123. The Morgan fingerprint density at radius 2 is 2.23 bits per heavy atom. The summed E-state index contributed by atoms with van der Waals surface area (Å²) in [5.41, 5.74) is 1.10. The highest BCUT2D eigenvalue weighted by Gasteiger charge is 2.25. The molecule has 1 fully saturated rings. The highest BCUT2D eigenvalue weighted by Crippen LogP contribution is 2.27. The van der Waals surface area contributed by atoms with Gasteiger partial charge in [-0.05, 0) is 19.3 Å². The van der Waals surface area contributed by atoms with Gasteiger partial charge in [0.05, 0.1) is 12.3 Å². The molecule has 1 N–H and O–H groups in total. The van der Waals surface area contributed by atoms with Crippen molar-refractivity contribution in [1.82, 2.24) is 15.1 Å². The molecule has 1 aromatic rings. The summed E-state index contributed by atoms with van der Waals surface area (Å²) in [5.74, 6) is 0.188. The zero-order valence-electron chi connectivity index (χ0n) is 13.9. The van der Waals surface area contributed by atoms with Gasteiger partial charge in [0.15, 0.2) is 0 Å². The largest absolute Gasteiger partial charge is 0.373 e. The number of hydrogen-bond donors (Lipinski definition) is 1. The molecule has 1 saturated heterocycles. The van der Waals surface area contributed by atoms with Crippen LogP contribution < -0.4 is 5.32 Å². The molecule has 0 saturated carbocycles. The third-order valence-electron chi connectivity index (χ3n) is 4.25. The van der Waals surface area contributed by atoms with Gasteiger partial charge in [0, 0.05) is 37.9 Å². The van der Waals surface area contributed by atoms with E-state index in [1.165, 1.54) is 19.3 Å². The highest BCUT2D eigenvalue weighted by molar-refractivity contribution is 5.76. The fourth-order valence-corrected chi connectivity index (χ4v) is 2.96. The van der Waals surface area contributed by atoms with Gasteiger partial charge in [0.25, 0.3) is 0 Å². The SMILES string of the molecule is CCCCCCCC(=O)N[C@H]1CCO[C@H](c2cnn(C)c2)C1. The number of unbranched alkanes of at least 4 members (excludes halogenated alkanes) is 4. The summed E-state index contributed by atoms with van der Waals surface area (Å²) < 4.78 is 7.60. The molecule has 0 aliphatic carbocycles. The molecule has 0 bridgehead atoms. The van der Waals surface area contributed by atoms with Crippen LogP contribution in [0.4, 0.5) is 0 Å². The molecule has 22 heavy (non-hydrogen) atoms. The van der Waals surface area contributed by atoms with Crippen molar-refractivity contribution in [1.29, 1.82) is 0 Å². The third-order valence-corrected chi connectivity index (χ3v) is 4.25. The number of aromatic nitrogens is 2. The van der Waals surface area contributed by atoms with Crippen LogP contribution in [0.25, 0.3) is 0 Å². The molecule has 1 aromatic heterocycles. The molecule has 1 amide bonds. The maximum atomic E-state index is 12.0. The number of hydrogen-bond acceptors (Lipinski definition) is 3. The van der Waals surface area contributed by atoms with Gasteiger partial charge >= 0.3 is 0 Å². The second kappa shape index (κ2) is 8.93. The van der Waals surface area contributed by atoms with E-state index in [0.717, 1.165) is 31.2 Å². The summed E-state index contributed by atoms with van der Waals surface area (Å²) in [6.07, 6.45) is 12.2. The fraction of sp³-hybridized carbons (Fsp3) is 0.765. The van der Waals surface area contributed by atoms with E-state index in [1.807, 2.05) is 19.4 Å². The van der Waals surface area contributed by atoms with Gasteiger partial charge in [0.2, 0.25) is 5.91 Å². The molecular weight excluding hydrogens is 278 g/mol. The standard InChI is InChI=1S/C17H29N3O2/c1-3-4-5-6-7-8-17(21)19-15-9-10-22-16(11-15)14-12-18-20(2)13-14/h12-13,15-16H,3-11H2,1-2H3,(H,19,21)/t15-,16-/m0/s1. The number of amides is 1. The molecule has 124 valence electrons. The summed E-state index contributed by atoms with van der Waals surface area (Å²) in [5, 5.41) is 7.36. The van der Waals surface area contributed by atoms with E-state index in [9.17, 15) is 4.79 Å². The monoisotopic (exact) mass is 307 g/mol. The number of ether oxygens (including phenoxy) is 1. The average Bonchev–Trinajstić information content (AvgIpc) is 2.94. The smallest absolute Gasteiger partial charge is 0.220 e. The van der Waals surface area contributed by atoms with Gasteiger partial charge < -0.3 is 10.1 Å². The minimum Gasteiger partial charge on any atom is -0.373 e. The van der Waals surface area contributed by atoms with Crippen LogP contribution in [0.15, 0.2) is 12.4 Å². The van der Waals surface area contributed by atoms with Crippen LogP contribution in [0.3, 0.4) is 0 Å². The molecule has 5 nitrogen and oxygen atoms in total. The van der Waals surface area contributed by atoms with Gasteiger partial charge in [-0.15, -0.1) is 0 Å². The second-order valence-electron chi connectivity index (χ2n) is 6.26. The molecule has 2 heterocycles. The Hall–Kier alpha value is -1.36. The normalized spacial score (nSPS) is 21.7. The van der Waals surface area contributed by atoms with Gasteiger partial charge in [-0.1, -0.05) is 32.6 Å². The Morgan fingerprint density at radius 1 is 1.41 bits per heavy atom. The maximum Gasteiger partial charge on any atom is 0.220 e. The van der Waals surface area contributed by atoms with E-state index < -0.39 is 0 Å². The Morgan fingerprint density at radius 3 is 2.95 bits per heavy atom. The van der Waals surface area contributed by atoms with Crippen molar-refractivity contribution >= 4 is 5.91 Å². The maximum absolute atomic E-state index is 12.0. The first-order valence-corrected chi connectivity index (χ1v) is 8.58. The van der Waals surface area contributed by atoms with E-state index in [2.05, 4.69) is 17.3 Å². The lowest BCUT2D eigenvalue weighted by atomic mass is 9.99. The second-order valence-corrected chi connectivity index (χ2v) is 6.26. The number of carbonyl (C=O) groups excluding carboxylic acids is 1. The quantitative estimate of drug-likeness (QED) is 0.751. The van der Waals surface area contributed by atoms with Crippen molar-refractivity contribution in [3.8, 4) is 0 Å². The minimum absolute atomic E-state index is 0.0531. The first kappa shape index (κ1) is 17.0. The Labute approximate surface area is 133 Å².